The minimum atomic E-state index is -0.0391. The molecule has 0 unspecified atom stereocenters. The standard InChI is InChI=1S/C18H21N3O3S/c1-13-19-15(12-25-13)9-17(22)21-8-7-20(18(23)11-21)10-14-3-5-16(24-2)6-4-14/h3-6,12H,7-11H2,1-2H3. The molecule has 25 heavy (non-hydrogen) atoms. The van der Waals surface area contributed by atoms with Crippen LogP contribution in [-0.4, -0.2) is 53.3 Å². The van der Waals surface area contributed by atoms with Gasteiger partial charge in [-0.25, -0.2) is 4.98 Å². The first-order chi connectivity index (χ1) is 12.0. The van der Waals surface area contributed by atoms with Crippen LogP contribution in [0.1, 0.15) is 16.3 Å². The van der Waals surface area contributed by atoms with Crippen molar-refractivity contribution in [2.75, 3.05) is 26.7 Å². The van der Waals surface area contributed by atoms with E-state index in [0.717, 1.165) is 22.0 Å². The zero-order valence-corrected chi connectivity index (χ0v) is 15.2. The summed E-state index contributed by atoms with van der Waals surface area (Å²) in [5.41, 5.74) is 1.83. The van der Waals surface area contributed by atoms with E-state index < -0.39 is 0 Å². The van der Waals surface area contributed by atoms with E-state index in [1.54, 1.807) is 16.9 Å². The summed E-state index contributed by atoms with van der Waals surface area (Å²) in [6.45, 7) is 3.71. The van der Waals surface area contributed by atoms with E-state index in [2.05, 4.69) is 4.98 Å². The van der Waals surface area contributed by atoms with Crippen molar-refractivity contribution in [3.63, 3.8) is 0 Å². The Kier molecular flexibility index (Phi) is 5.33. The summed E-state index contributed by atoms with van der Waals surface area (Å²) in [6.07, 6.45) is 0.260. The van der Waals surface area contributed by atoms with Crippen LogP contribution in [-0.2, 0) is 22.6 Å². The number of aromatic nitrogens is 1. The summed E-state index contributed by atoms with van der Waals surface area (Å²) in [5, 5.41) is 2.85. The largest absolute Gasteiger partial charge is 0.497 e. The summed E-state index contributed by atoms with van der Waals surface area (Å²) in [5.74, 6) is 0.732. The lowest BCUT2D eigenvalue weighted by atomic mass is 10.1. The molecule has 1 aromatic heterocycles. The molecule has 2 aromatic rings. The Balaban J connectivity index is 1.54. The number of hydrogen-bond acceptors (Lipinski definition) is 5. The highest BCUT2D eigenvalue weighted by atomic mass is 32.1. The van der Waals surface area contributed by atoms with Crippen LogP contribution in [0.3, 0.4) is 0 Å². The number of nitrogens with zero attached hydrogens (tertiary/aromatic N) is 3. The first kappa shape index (κ1) is 17.4. The fraction of sp³-hybridized carbons (Fsp3) is 0.389. The number of aryl methyl sites for hydroxylation is 1. The molecule has 0 aliphatic carbocycles. The fourth-order valence-corrected chi connectivity index (χ4v) is 3.41. The summed E-state index contributed by atoms with van der Waals surface area (Å²) in [7, 11) is 1.63. The molecule has 1 aliphatic heterocycles. The number of rotatable bonds is 5. The Bertz CT molecular complexity index is 757. The molecule has 1 fully saturated rings. The minimum Gasteiger partial charge on any atom is -0.497 e. The molecule has 0 N–H and O–H groups in total. The molecule has 2 heterocycles. The van der Waals surface area contributed by atoms with Gasteiger partial charge in [-0.2, -0.15) is 0 Å². The van der Waals surface area contributed by atoms with Gasteiger partial charge in [-0.3, -0.25) is 9.59 Å². The molecule has 7 heteroatoms. The van der Waals surface area contributed by atoms with Crippen LogP contribution in [0.4, 0.5) is 0 Å². The van der Waals surface area contributed by atoms with Crippen LogP contribution in [0.25, 0.3) is 0 Å². The van der Waals surface area contributed by atoms with Crippen LogP contribution in [0, 0.1) is 6.92 Å². The van der Waals surface area contributed by atoms with Gasteiger partial charge in [0.2, 0.25) is 11.8 Å². The van der Waals surface area contributed by atoms with E-state index in [4.69, 9.17) is 4.74 Å². The smallest absolute Gasteiger partial charge is 0.242 e. The summed E-state index contributed by atoms with van der Waals surface area (Å²) < 4.78 is 5.14. The van der Waals surface area contributed by atoms with Gasteiger partial charge in [0.05, 0.1) is 30.8 Å². The summed E-state index contributed by atoms with van der Waals surface area (Å²) >= 11 is 1.53. The molecule has 6 nitrogen and oxygen atoms in total. The molecule has 3 rings (SSSR count). The van der Waals surface area contributed by atoms with Crippen LogP contribution in [0.2, 0.25) is 0 Å². The Labute approximate surface area is 151 Å². The van der Waals surface area contributed by atoms with Crippen molar-refractivity contribution in [1.82, 2.24) is 14.8 Å². The lowest BCUT2D eigenvalue weighted by Gasteiger charge is -2.34. The number of amides is 2. The van der Waals surface area contributed by atoms with Crippen molar-refractivity contribution < 1.29 is 14.3 Å². The first-order valence-electron chi connectivity index (χ1n) is 8.14. The summed E-state index contributed by atoms with van der Waals surface area (Å²) in [4.78, 5) is 32.5. The topological polar surface area (TPSA) is 62.7 Å². The van der Waals surface area contributed by atoms with Gasteiger partial charge in [0.1, 0.15) is 5.75 Å². The second kappa shape index (κ2) is 7.65. The molecule has 1 saturated heterocycles. The molecule has 2 amide bonds. The highest BCUT2D eigenvalue weighted by Crippen LogP contribution is 2.15. The third kappa shape index (κ3) is 4.36. The van der Waals surface area contributed by atoms with Gasteiger partial charge in [-0.05, 0) is 24.6 Å². The van der Waals surface area contributed by atoms with Crippen molar-refractivity contribution in [1.29, 1.82) is 0 Å². The SMILES string of the molecule is COc1ccc(CN2CCN(C(=O)Cc3csc(C)n3)CC2=O)cc1. The molecule has 0 bridgehead atoms. The number of thiazole rings is 1. The monoisotopic (exact) mass is 359 g/mol. The first-order valence-corrected chi connectivity index (χ1v) is 9.02. The van der Waals surface area contributed by atoms with Crippen LogP contribution in [0.15, 0.2) is 29.6 Å². The van der Waals surface area contributed by atoms with E-state index in [-0.39, 0.29) is 24.8 Å². The molecule has 0 atom stereocenters. The molecule has 132 valence electrons. The molecule has 0 spiro atoms. The highest BCUT2D eigenvalue weighted by molar-refractivity contribution is 7.09. The van der Waals surface area contributed by atoms with Crippen molar-refractivity contribution in [2.45, 2.75) is 19.9 Å². The predicted octanol–water partition coefficient (Wildman–Crippen LogP) is 1.87. The molecule has 0 saturated carbocycles. The average molecular weight is 359 g/mol. The van der Waals surface area contributed by atoms with Crippen molar-refractivity contribution in [3.05, 3.63) is 45.9 Å². The normalized spacial score (nSPS) is 14.7. The van der Waals surface area contributed by atoms with Crippen molar-refractivity contribution >= 4 is 23.2 Å². The number of piperazine rings is 1. The average Bonchev–Trinajstić information content (AvgIpc) is 3.02. The van der Waals surface area contributed by atoms with Gasteiger partial charge in [0.15, 0.2) is 0 Å². The quantitative estimate of drug-likeness (QED) is 0.818. The zero-order chi connectivity index (χ0) is 17.8. The van der Waals surface area contributed by atoms with Crippen molar-refractivity contribution in [3.8, 4) is 5.75 Å². The number of methoxy groups -OCH3 is 1. The minimum absolute atomic E-state index is 0.0233. The number of carbonyl (C=O) groups excluding carboxylic acids is 2. The van der Waals surface area contributed by atoms with E-state index >= 15 is 0 Å². The van der Waals surface area contributed by atoms with Crippen LogP contribution in [0.5, 0.6) is 5.75 Å². The molecule has 0 radical (unpaired) electrons. The third-order valence-corrected chi connectivity index (χ3v) is 5.03. The van der Waals surface area contributed by atoms with Gasteiger partial charge in [0.25, 0.3) is 0 Å². The Morgan fingerprint density at radius 2 is 2.04 bits per heavy atom. The summed E-state index contributed by atoms with van der Waals surface area (Å²) in [6, 6.07) is 7.67. The Morgan fingerprint density at radius 3 is 2.64 bits per heavy atom. The second-order valence-corrected chi connectivity index (χ2v) is 7.08. The Hall–Kier alpha value is -2.41. The maximum absolute atomic E-state index is 12.4. The molecule has 1 aliphatic rings. The highest BCUT2D eigenvalue weighted by Gasteiger charge is 2.27. The number of carbonyl (C=O) groups is 2. The number of benzene rings is 1. The number of hydrogen-bond donors (Lipinski definition) is 0. The van der Waals surface area contributed by atoms with Gasteiger partial charge in [-0.15, -0.1) is 11.3 Å². The molecular weight excluding hydrogens is 338 g/mol. The maximum atomic E-state index is 12.4. The third-order valence-electron chi connectivity index (χ3n) is 4.20. The van der Waals surface area contributed by atoms with Gasteiger partial charge in [-0.1, -0.05) is 12.1 Å². The lowest BCUT2D eigenvalue weighted by Crippen LogP contribution is -2.52. The van der Waals surface area contributed by atoms with Gasteiger partial charge < -0.3 is 14.5 Å². The fourth-order valence-electron chi connectivity index (χ4n) is 2.80. The second-order valence-electron chi connectivity index (χ2n) is 6.01. The molecular formula is C18H21N3O3S. The van der Waals surface area contributed by atoms with Crippen LogP contribution >= 0.6 is 11.3 Å². The number of ether oxygens (including phenoxy) is 1. The van der Waals surface area contributed by atoms with E-state index in [9.17, 15) is 9.59 Å². The van der Waals surface area contributed by atoms with Gasteiger partial charge in [0, 0.05) is 25.0 Å². The van der Waals surface area contributed by atoms with E-state index in [1.807, 2.05) is 36.6 Å². The maximum Gasteiger partial charge on any atom is 0.242 e. The van der Waals surface area contributed by atoms with E-state index in [1.165, 1.54) is 11.3 Å². The lowest BCUT2D eigenvalue weighted by molar-refractivity contribution is -0.145. The molecule has 1 aromatic carbocycles. The van der Waals surface area contributed by atoms with Gasteiger partial charge >= 0.3 is 0 Å². The van der Waals surface area contributed by atoms with E-state index in [0.29, 0.717) is 19.6 Å². The van der Waals surface area contributed by atoms with Crippen molar-refractivity contribution in [2.24, 2.45) is 0 Å². The van der Waals surface area contributed by atoms with Crippen LogP contribution < -0.4 is 4.74 Å². The Morgan fingerprint density at radius 1 is 1.28 bits per heavy atom. The predicted molar refractivity (Wildman–Crippen MR) is 95.5 cm³/mol. The zero-order valence-electron chi connectivity index (χ0n) is 14.4.